The normalized spacial score (nSPS) is 21.5. The Morgan fingerprint density at radius 2 is 1.06 bits per heavy atom. The molecule has 4 heterocycles. The highest BCUT2D eigenvalue weighted by Gasteiger charge is 2.56. The number of allylic oxidation sites excluding steroid dienone is 6. The van der Waals surface area contributed by atoms with Gasteiger partial charge in [-0.05, 0) is 30.7 Å². The lowest BCUT2D eigenvalue weighted by molar-refractivity contribution is -0.291. The van der Waals surface area contributed by atoms with Crippen LogP contribution in [-0.2, 0) is 66.3 Å². The molecule has 2 aliphatic heterocycles. The topological polar surface area (TPSA) is 234 Å². The second-order valence-electron chi connectivity index (χ2n) is 12.0. The summed E-state index contributed by atoms with van der Waals surface area (Å²) in [6.07, 6.45) is 9.47. The molecule has 2 aromatic rings. The molecule has 1 saturated carbocycles. The number of hydrogen-bond donors (Lipinski definition) is 2. The smallest absolute Gasteiger partial charge is 0.348 e. The average molecular weight is 721 g/mol. The van der Waals surface area contributed by atoms with Crippen LogP contribution in [0.4, 0.5) is 0 Å². The highest BCUT2D eigenvalue weighted by Crippen LogP contribution is 2.45. The van der Waals surface area contributed by atoms with Crippen LogP contribution in [0.25, 0.3) is 12.2 Å². The van der Waals surface area contributed by atoms with Gasteiger partial charge >= 0.3 is 35.3 Å². The molecule has 0 unspecified atom stereocenters. The number of aromatic nitrogens is 4. The number of hydrogen-bond acceptors (Lipinski definition) is 14. The molecule has 0 radical (unpaired) electrons. The molecular formula is C34H32N4O14. The fourth-order valence-electron chi connectivity index (χ4n) is 5.57. The zero-order chi connectivity index (χ0) is 38.1. The average Bonchev–Trinajstić information content (AvgIpc) is 3.10. The van der Waals surface area contributed by atoms with E-state index in [0.29, 0.717) is 0 Å². The molecule has 0 amide bonds. The van der Waals surface area contributed by atoms with Gasteiger partial charge in [0.05, 0.1) is 0 Å². The zero-order valence-electron chi connectivity index (χ0n) is 28.2. The van der Waals surface area contributed by atoms with Gasteiger partial charge in [0, 0.05) is 53.9 Å². The van der Waals surface area contributed by atoms with E-state index in [2.05, 4.69) is 5.73 Å². The van der Waals surface area contributed by atoms with Gasteiger partial charge in [-0.1, -0.05) is 24.3 Å². The molecule has 2 spiro atoms. The monoisotopic (exact) mass is 720 g/mol. The minimum Gasteiger partial charge on any atom is -0.494 e. The summed E-state index contributed by atoms with van der Waals surface area (Å²) in [4.78, 5) is 99.5. The molecule has 2 aromatic heterocycles. The van der Waals surface area contributed by atoms with Crippen LogP contribution in [0, 0.1) is 0 Å². The Hall–Kier alpha value is -6.68. The summed E-state index contributed by atoms with van der Waals surface area (Å²) < 4.78 is 25.3. The Labute approximate surface area is 292 Å². The van der Waals surface area contributed by atoms with Crippen LogP contribution in [0.1, 0.15) is 43.2 Å². The molecule has 18 nitrogen and oxygen atoms in total. The maximum absolute atomic E-state index is 12.8. The summed E-state index contributed by atoms with van der Waals surface area (Å²) in [5, 5.41) is 20.2. The van der Waals surface area contributed by atoms with Crippen molar-refractivity contribution in [1.82, 2.24) is 18.3 Å². The SMILES string of the molecule is Cn1c(O)c(C=C=CCC=C2C(=O)OC3(CCC4(CC3)OC(=O)C(=CC=CC=Cc3c(O)n(C)c(=O)n(C)c3=O)C(=O)O4)OC2=O)c(=O)n(C)c1=O. The third-order valence-electron chi connectivity index (χ3n) is 8.64. The number of carbonyl (C=O) groups is 4. The van der Waals surface area contributed by atoms with Gasteiger partial charge in [-0.15, -0.1) is 5.73 Å². The van der Waals surface area contributed by atoms with E-state index in [9.17, 15) is 48.6 Å². The first kappa shape index (κ1) is 36.6. The Morgan fingerprint density at radius 3 is 1.56 bits per heavy atom. The summed E-state index contributed by atoms with van der Waals surface area (Å²) in [6, 6.07) is 0. The maximum Gasteiger partial charge on any atom is 0.348 e. The minimum absolute atomic E-state index is 0.0229. The van der Waals surface area contributed by atoms with E-state index in [1.54, 1.807) is 0 Å². The van der Waals surface area contributed by atoms with Crippen molar-refractivity contribution in [2.24, 2.45) is 28.2 Å². The van der Waals surface area contributed by atoms with E-state index >= 15 is 0 Å². The molecule has 272 valence electrons. The van der Waals surface area contributed by atoms with Crippen LogP contribution in [0.3, 0.4) is 0 Å². The van der Waals surface area contributed by atoms with Crippen molar-refractivity contribution in [3.63, 3.8) is 0 Å². The molecule has 3 fully saturated rings. The number of aromatic hydroxyl groups is 2. The maximum atomic E-state index is 12.8. The highest BCUT2D eigenvalue weighted by atomic mass is 16.8. The number of rotatable bonds is 6. The van der Waals surface area contributed by atoms with Gasteiger partial charge in [-0.25, -0.2) is 28.8 Å². The van der Waals surface area contributed by atoms with Crippen molar-refractivity contribution in [2.75, 3.05) is 0 Å². The van der Waals surface area contributed by atoms with Crippen molar-refractivity contribution < 1.29 is 48.3 Å². The van der Waals surface area contributed by atoms with Gasteiger partial charge in [0.2, 0.25) is 11.8 Å². The number of ether oxygens (including phenoxy) is 4. The van der Waals surface area contributed by atoms with Crippen molar-refractivity contribution in [2.45, 2.75) is 43.7 Å². The molecule has 0 aromatic carbocycles. The standard InChI is InChI=1S/C34H32N4O14/c1-35-23(39)19(24(40)36(2)31(35)47)11-7-5-9-13-21-27(43)49-33(50-28(21)44)15-17-34(18-16-33)51-29(45)22(30(46)52-34)14-10-6-8-12-20-25(41)37(3)32(48)38(4)26(20)42/h5-7,9,11-14,39,41H,10,15-18H2,1-4H3. The fourth-order valence-corrected chi connectivity index (χ4v) is 5.57. The molecule has 52 heavy (non-hydrogen) atoms. The molecule has 3 aliphatic rings. The van der Waals surface area contributed by atoms with Gasteiger partial charge in [-0.3, -0.25) is 27.9 Å². The largest absolute Gasteiger partial charge is 0.494 e. The quantitative estimate of drug-likeness (QED) is 0.129. The van der Waals surface area contributed by atoms with E-state index in [-0.39, 0.29) is 43.2 Å². The van der Waals surface area contributed by atoms with E-state index in [0.717, 1.165) is 30.4 Å². The van der Waals surface area contributed by atoms with E-state index < -0.39 is 80.9 Å². The van der Waals surface area contributed by atoms with Gasteiger partial charge in [0.25, 0.3) is 22.7 Å². The molecule has 0 atom stereocenters. The second kappa shape index (κ2) is 13.9. The predicted molar refractivity (Wildman–Crippen MR) is 177 cm³/mol. The highest BCUT2D eigenvalue weighted by molar-refractivity contribution is 6.16. The third kappa shape index (κ3) is 6.74. The van der Waals surface area contributed by atoms with Crippen LogP contribution in [0.5, 0.6) is 11.8 Å². The van der Waals surface area contributed by atoms with Crippen molar-refractivity contribution in [3.8, 4) is 11.8 Å². The Balaban J connectivity index is 1.18. The van der Waals surface area contributed by atoms with Crippen LogP contribution >= 0.6 is 0 Å². The van der Waals surface area contributed by atoms with Crippen LogP contribution in [0.2, 0.25) is 0 Å². The Morgan fingerprint density at radius 1 is 0.615 bits per heavy atom. The summed E-state index contributed by atoms with van der Waals surface area (Å²) in [5.41, 5.74) is -1.43. The number of nitrogens with zero attached hydrogens (tertiary/aromatic N) is 4. The molecule has 18 heteroatoms. The van der Waals surface area contributed by atoms with Crippen molar-refractivity contribution in [3.05, 3.63) is 106 Å². The summed E-state index contributed by atoms with van der Waals surface area (Å²) in [6.45, 7) is 0. The molecule has 5 rings (SSSR count). The van der Waals surface area contributed by atoms with E-state index in [4.69, 9.17) is 18.9 Å². The van der Waals surface area contributed by atoms with Gasteiger partial charge < -0.3 is 29.2 Å². The lowest BCUT2D eigenvalue weighted by atomic mass is 9.87. The zero-order valence-corrected chi connectivity index (χ0v) is 28.2. The first-order chi connectivity index (χ1) is 24.5. The van der Waals surface area contributed by atoms with E-state index in [1.807, 2.05) is 0 Å². The molecule has 2 N–H and O–H groups in total. The molecule has 2 saturated heterocycles. The van der Waals surface area contributed by atoms with Crippen molar-refractivity contribution >= 4 is 36.0 Å². The minimum atomic E-state index is -1.69. The first-order valence-electron chi connectivity index (χ1n) is 15.6. The molecular weight excluding hydrogens is 688 g/mol. The van der Waals surface area contributed by atoms with Crippen LogP contribution in [-0.4, -0.2) is 63.9 Å². The predicted octanol–water partition coefficient (Wildman–Crippen LogP) is -0.260. The number of esters is 4. The summed E-state index contributed by atoms with van der Waals surface area (Å²) >= 11 is 0. The van der Waals surface area contributed by atoms with Gasteiger partial charge in [0.15, 0.2) is 0 Å². The second-order valence-corrected chi connectivity index (χ2v) is 12.0. The summed E-state index contributed by atoms with van der Waals surface area (Å²) in [5.74, 6) is -8.37. The number of carbonyl (C=O) groups excluding carboxylic acids is 4. The van der Waals surface area contributed by atoms with Gasteiger partial charge in [0.1, 0.15) is 22.3 Å². The fraction of sp³-hybridized carbons (Fsp3) is 0.324. The summed E-state index contributed by atoms with van der Waals surface area (Å²) in [7, 11) is 5.08. The Kier molecular flexibility index (Phi) is 9.79. The molecule has 0 bridgehead atoms. The van der Waals surface area contributed by atoms with Crippen molar-refractivity contribution in [1.29, 1.82) is 0 Å². The van der Waals surface area contributed by atoms with E-state index in [1.165, 1.54) is 64.6 Å². The van der Waals surface area contributed by atoms with Crippen LogP contribution in [0.15, 0.2) is 72.5 Å². The van der Waals surface area contributed by atoms with Gasteiger partial charge in [-0.2, -0.15) is 0 Å². The third-order valence-corrected chi connectivity index (χ3v) is 8.64. The van der Waals surface area contributed by atoms with Crippen LogP contribution < -0.4 is 22.5 Å². The Bertz CT molecular complexity index is 2300. The lowest BCUT2D eigenvalue weighted by Gasteiger charge is -2.46. The molecule has 1 aliphatic carbocycles. The first-order valence-corrected chi connectivity index (χ1v) is 15.6. The lowest BCUT2D eigenvalue weighted by Crippen LogP contribution is -2.56.